The molecule has 0 saturated carbocycles. The van der Waals surface area contributed by atoms with Gasteiger partial charge in [-0.1, -0.05) is 6.07 Å². The van der Waals surface area contributed by atoms with Crippen LogP contribution in [0.15, 0.2) is 28.8 Å². The van der Waals surface area contributed by atoms with E-state index in [9.17, 15) is 14.5 Å². The Kier molecular flexibility index (Phi) is 3.22. The van der Waals surface area contributed by atoms with Gasteiger partial charge in [0.2, 0.25) is 11.7 Å². The number of halogens is 1. The van der Waals surface area contributed by atoms with Gasteiger partial charge in [0.1, 0.15) is 11.4 Å². The van der Waals surface area contributed by atoms with Crippen molar-refractivity contribution in [3.63, 3.8) is 0 Å². The molecule has 6 nitrogen and oxygen atoms in total. The summed E-state index contributed by atoms with van der Waals surface area (Å²) in [6, 6.07) is 3.86. The highest BCUT2D eigenvalue weighted by Gasteiger charge is 2.19. The molecule has 2 aromatic rings. The highest BCUT2D eigenvalue weighted by atomic mass is 19.1. The monoisotopic (exact) mass is 251 g/mol. The van der Waals surface area contributed by atoms with Crippen LogP contribution in [0, 0.1) is 22.9 Å². The number of nitro benzene ring substituents is 1. The minimum absolute atomic E-state index is 0.0934. The Labute approximate surface area is 102 Å². The quantitative estimate of drug-likeness (QED) is 0.667. The first kappa shape index (κ1) is 12.0. The van der Waals surface area contributed by atoms with E-state index in [1.54, 1.807) is 6.92 Å². The second-order valence-corrected chi connectivity index (χ2v) is 3.61. The third-order valence-electron chi connectivity index (χ3n) is 2.27. The number of hydrogen-bond donors (Lipinski definition) is 1. The molecule has 0 amide bonds. The molecule has 1 aromatic heterocycles. The predicted molar refractivity (Wildman–Crippen MR) is 61.6 cm³/mol. The summed E-state index contributed by atoms with van der Waals surface area (Å²) in [5.74, 6) is 0.139. The molecule has 0 atom stereocenters. The molecule has 0 aliphatic carbocycles. The van der Waals surface area contributed by atoms with Gasteiger partial charge < -0.3 is 9.73 Å². The number of benzene rings is 1. The zero-order valence-electron chi connectivity index (χ0n) is 9.51. The molecule has 7 heteroatoms. The van der Waals surface area contributed by atoms with E-state index < -0.39 is 16.4 Å². The van der Waals surface area contributed by atoms with Crippen LogP contribution in [-0.2, 0) is 6.54 Å². The van der Waals surface area contributed by atoms with E-state index >= 15 is 0 Å². The van der Waals surface area contributed by atoms with Crippen LogP contribution < -0.4 is 5.32 Å². The van der Waals surface area contributed by atoms with Crippen molar-refractivity contribution >= 4 is 11.4 Å². The number of rotatable bonds is 4. The minimum Gasteiger partial charge on any atom is -0.444 e. The van der Waals surface area contributed by atoms with Gasteiger partial charge in [-0.2, -0.15) is 4.39 Å². The van der Waals surface area contributed by atoms with Crippen LogP contribution in [0.1, 0.15) is 11.7 Å². The maximum atomic E-state index is 13.3. The molecule has 0 fully saturated rings. The fraction of sp³-hybridized carbons (Fsp3) is 0.182. The van der Waals surface area contributed by atoms with Crippen LogP contribution in [0.2, 0.25) is 0 Å². The third-order valence-corrected chi connectivity index (χ3v) is 2.27. The van der Waals surface area contributed by atoms with Crippen LogP contribution in [0.3, 0.4) is 0 Å². The third kappa shape index (κ3) is 2.45. The molecule has 1 N–H and O–H groups in total. The highest BCUT2D eigenvalue weighted by Crippen LogP contribution is 2.27. The Bertz CT molecular complexity index is 583. The lowest BCUT2D eigenvalue weighted by molar-refractivity contribution is -0.386. The van der Waals surface area contributed by atoms with E-state index in [-0.39, 0.29) is 12.2 Å². The van der Waals surface area contributed by atoms with Crippen LogP contribution in [0.4, 0.5) is 15.8 Å². The summed E-state index contributed by atoms with van der Waals surface area (Å²) in [5.41, 5.74) is -0.489. The molecular weight excluding hydrogens is 241 g/mol. The molecule has 18 heavy (non-hydrogen) atoms. The van der Waals surface area contributed by atoms with Crippen molar-refractivity contribution in [2.24, 2.45) is 0 Å². The van der Waals surface area contributed by atoms with E-state index in [0.717, 1.165) is 6.07 Å². The number of aromatic nitrogens is 1. The zero-order valence-corrected chi connectivity index (χ0v) is 9.51. The standard InChI is InChI=1S/C11H10FN3O3/c1-7-5-14-10(18-7)6-13-9-4-2-3-8(12)11(9)15(16)17/h2-5,13H,6H2,1H3. The molecule has 1 aromatic carbocycles. The molecule has 0 radical (unpaired) electrons. The Morgan fingerprint density at radius 1 is 1.56 bits per heavy atom. The van der Waals surface area contributed by atoms with Gasteiger partial charge in [0.05, 0.1) is 17.7 Å². The second-order valence-electron chi connectivity index (χ2n) is 3.61. The lowest BCUT2D eigenvalue weighted by Gasteiger charge is -2.05. The molecule has 1 heterocycles. The van der Waals surface area contributed by atoms with E-state index in [2.05, 4.69) is 10.3 Å². The largest absolute Gasteiger partial charge is 0.444 e. The summed E-state index contributed by atoms with van der Waals surface area (Å²) in [5, 5.41) is 13.5. The van der Waals surface area contributed by atoms with Crippen LogP contribution in [0.5, 0.6) is 0 Å². The van der Waals surface area contributed by atoms with E-state index in [1.807, 2.05) is 0 Å². The van der Waals surface area contributed by atoms with Gasteiger partial charge in [-0.3, -0.25) is 10.1 Å². The fourth-order valence-corrected chi connectivity index (χ4v) is 1.50. The molecule has 2 rings (SSSR count). The first-order chi connectivity index (χ1) is 8.58. The Hall–Kier alpha value is -2.44. The van der Waals surface area contributed by atoms with Gasteiger partial charge in [0.25, 0.3) is 0 Å². The average Bonchev–Trinajstić information content (AvgIpc) is 2.72. The lowest BCUT2D eigenvalue weighted by atomic mass is 10.2. The van der Waals surface area contributed by atoms with Crippen molar-refractivity contribution in [3.8, 4) is 0 Å². The maximum absolute atomic E-state index is 13.3. The summed E-state index contributed by atoms with van der Waals surface area (Å²) in [7, 11) is 0. The first-order valence-electron chi connectivity index (χ1n) is 5.16. The smallest absolute Gasteiger partial charge is 0.327 e. The van der Waals surface area contributed by atoms with Crippen LogP contribution >= 0.6 is 0 Å². The summed E-state index contributed by atoms with van der Waals surface area (Å²) in [6.07, 6.45) is 1.54. The molecular formula is C11H10FN3O3. The van der Waals surface area contributed by atoms with Crippen LogP contribution in [-0.4, -0.2) is 9.91 Å². The normalized spacial score (nSPS) is 10.3. The molecule has 0 bridgehead atoms. The Morgan fingerprint density at radius 2 is 2.33 bits per heavy atom. The van der Waals surface area contributed by atoms with Gasteiger partial charge in [-0.15, -0.1) is 0 Å². The number of aryl methyl sites for hydroxylation is 1. The minimum atomic E-state index is -0.881. The summed E-state index contributed by atoms with van der Waals surface area (Å²) >= 11 is 0. The van der Waals surface area contributed by atoms with Crippen molar-refractivity contribution in [1.29, 1.82) is 0 Å². The lowest BCUT2D eigenvalue weighted by Crippen LogP contribution is -2.04. The van der Waals surface area contributed by atoms with Gasteiger partial charge in [0.15, 0.2) is 0 Å². The molecule has 0 aliphatic heterocycles. The van der Waals surface area contributed by atoms with Crippen molar-refractivity contribution in [1.82, 2.24) is 4.98 Å². The first-order valence-corrected chi connectivity index (χ1v) is 5.16. The summed E-state index contributed by atoms with van der Waals surface area (Å²) in [6.45, 7) is 1.89. The second kappa shape index (κ2) is 4.82. The van der Waals surface area contributed by atoms with Crippen molar-refractivity contribution in [3.05, 3.63) is 52.0 Å². The molecule has 94 valence electrons. The number of nitrogens with zero attached hydrogens (tertiary/aromatic N) is 2. The Morgan fingerprint density at radius 3 is 2.94 bits per heavy atom. The Balaban J connectivity index is 2.19. The number of anilines is 1. The van der Waals surface area contributed by atoms with Crippen LogP contribution in [0.25, 0.3) is 0 Å². The average molecular weight is 251 g/mol. The van der Waals surface area contributed by atoms with Gasteiger partial charge in [-0.05, 0) is 19.1 Å². The number of hydrogen-bond acceptors (Lipinski definition) is 5. The SMILES string of the molecule is Cc1cnc(CNc2cccc(F)c2[N+](=O)[O-])o1. The van der Waals surface area contributed by atoms with E-state index in [1.165, 1.54) is 18.3 Å². The fourth-order valence-electron chi connectivity index (χ4n) is 1.50. The number of para-hydroxylation sites is 1. The van der Waals surface area contributed by atoms with Crippen molar-refractivity contribution in [2.45, 2.75) is 13.5 Å². The number of oxazole rings is 1. The maximum Gasteiger partial charge on any atom is 0.327 e. The molecule has 0 saturated heterocycles. The molecule has 0 spiro atoms. The zero-order chi connectivity index (χ0) is 13.1. The van der Waals surface area contributed by atoms with Gasteiger partial charge in [0, 0.05) is 0 Å². The number of nitrogens with one attached hydrogen (secondary N) is 1. The molecule has 0 aliphatic rings. The van der Waals surface area contributed by atoms with Gasteiger partial charge in [-0.25, -0.2) is 4.98 Å². The van der Waals surface area contributed by atoms with Crippen molar-refractivity contribution in [2.75, 3.05) is 5.32 Å². The molecule has 0 unspecified atom stereocenters. The van der Waals surface area contributed by atoms with E-state index in [4.69, 9.17) is 4.42 Å². The van der Waals surface area contributed by atoms with Gasteiger partial charge >= 0.3 is 5.69 Å². The summed E-state index contributed by atoms with van der Waals surface area (Å²) in [4.78, 5) is 13.9. The van der Waals surface area contributed by atoms with Crippen molar-refractivity contribution < 1.29 is 13.7 Å². The predicted octanol–water partition coefficient (Wildman–Crippen LogP) is 2.64. The topological polar surface area (TPSA) is 81.2 Å². The summed E-state index contributed by atoms with van der Waals surface area (Å²) < 4.78 is 18.5. The van der Waals surface area contributed by atoms with E-state index in [0.29, 0.717) is 11.7 Å². The highest BCUT2D eigenvalue weighted by molar-refractivity contribution is 5.61. The number of nitro groups is 1.